The SMILES string of the molecule is CCCCCCCCCC(C)OC1CCC(OC2OC(CO)C(O)OC2O)C(CO)O1. The van der Waals surface area contributed by atoms with Gasteiger partial charge in [-0.05, 0) is 19.8 Å². The summed E-state index contributed by atoms with van der Waals surface area (Å²) in [5.41, 5.74) is 0. The van der Waals surface area contributed by atoms with Crippen LogP contribution in [0.5, 0.6) is 0 Å². The van der Waals surface area contributed by atoms with Crippen molar-refractivity contribution in [2.75, 3.05) is 13.2 Å². The third-order valence-corrected chi connectivity index (χ3v) is 5.83. The average molecular weight is 451 g/mol. The Morgan fingerprint density at radius 1 is 0.839 bits per heavy atom. The first-order valence-electron chi connectivity index (χ1n) is 11.8. The van der Waals surface area contributed by atoms with Crippen molar-refractivity contribution in [2.45, 2.75) is 128 Å². The normalized spacial score (nSPS) is 35.2. The Bertz CT molecular complexity index is 466. The first kappa shape index (κ1) is 26.9. The number of hydrogen-bond acceptors (Lipinski definition) is 9. The highest BCUT2D eigenvalue weighted by atomic mass is 16.8. The van der Waals surface area contributed by atoms with Gasteiger partial charge in [-0.1, -0.05) is 51.9 Å². The maximum Gasteiger partial charge on any atom is 0.210 e. The van der Waals surface area contributed by atoms with Crippen molar-refractivity contribution >= 4 is 0 Å². The maximum atomic E-state index is 9.93. The van der Waals surface area contributed by atoms with Gasteiger partial charge in [0.05, 0.1) is 25.4 Å². The Kier molecular flexibility index (Phi) is 12.8. The molecule has 0 aliphatic carbocycles. The van der Waals surface area contributed by atoms with Gasteiger partial charge in [-0.25, -0.2) is 0 Å². The van der Waals surface area contributed by atoms with E-state index in [1.54, 1.807) is 0 Å². The van der Waals surface area contributed by atoms with E-state index in [1.165, 1.54) is 38.5 Å². The topological polar surface area (TPSA) is 127 Å². The van der Waals surface area contributed by atoms with Crippen LogP contribution in [0.15, 0.2) is 0 Å². The minimum Gasteiger partial charge on any atom is -0.394 e. The van der Waals surface area contributed by atoms with Crippen LogP contribution in [0.4, 0.5) is 0 Å². The Balaban J connectivity index is 1.69. The van der Waals surface area contributed by atoms with Gasteiger partial charge in [-0.2, -0.15) is 0 Å². The zero-order chi connectivity index (χ0) is 22.6. The number of unbranched alkanes of at least 4 members (excludes halogenated alkanes) is 6. The molecule has 2 fully saturated rings. The number of hydrogen-bond donors (Lipinski definition) is 4. The van der Waals surface area contributed by atoms with E-state index in [4.69, 9.17) is 23.7 Å². The number of aliphatic hydroxyl groups is 4. The van der Waals surface area contributed by atoms with E-state index < -0.39 is 50.1 Å². The van der Waals surface area contributed by atoms with E-state index in [0.29, 0.717) is 12.8 Å². The lowest BCUT2D eigenvalue weighted by Gasteiger charge is -2.41. The molecule has 184 valence electrons. The largest absolute Gasteiger partial charge is 0.394 e. The van der Waals surface area contributed by atoms with E-state index in [2.05, 4.69) is 6.92 Å². The highest BCUT2D eigenvalue weighted by Crippen LogP contribution is 2.28. The molecule has 2 saturated heterocycles. The van der Waals surface area contributed by atoms with Crippen LogP contribution in [0.1, 0.15) is 78.1 Å². The molecule has 9 nitrogen and oxygen atoms in total. The van der Waals surface area contributed by atoms with Gasteiger partial charge < -0.3 is 44.1 Å². The summed E-state index contributed by atoms with van der Waals surface area (Å²) in [5, 5.41) is 38.5. The first-order valence-corrected chi connectivity index (χ1v) is 11.8. The molecular formula is C22H42O9. The molecule has 8 atom stereocenters. The monoisotopic (exact) mass is 450 g/mol. The van der Waals surface area contributed by atoms with E-state index in [0.717, 1.165) is 12.8 Å². The second-order valence-electron chi connectivity index (χ2n) is 8.54. The summed E-state index contributed by atoms with van der Waals surface area (Å²) < 4.78 is 27.9. The van der Waals surface area contributed by atoms with Gasteiger partial charge in [0, 0.05) is 6.42 Å². The minimum atomic E-state index is -1.51. The lowest BCUT2D eigenvalue weighted by Crippen LogP contribution is -2.54. The van der Waals surface area contributed by atoms with E-state index in [-0.39, 0.29) is 12.7 Å². The van der Waals surface area contributed by atoms with Gasteiger partial charge in [0.1, 0.15) is 12.2 Å². The van der Waals surface area contributed by atoms with Crippen molar-refractivity contribution in [2.24, 2.45) is 0 Å². The molecule has 0 aromatic carbocycles. The molecule has 2 aliphatic rings. The molecule has 0 aromatic rings. The van der Waals surface area contributed by atoms with Crippen LogP contribution in [-0.4, -0.2) is 83.2 Å². The highest BCUT2D eigenvalue weighted by Gasteiger charge is 2.41. The van der Waals surface area contributed by atoms with Crippen LogP contribution in [0.2, 0.25) is 0 Å². The van der Waals surface area contributed by atoms with Crippen molar-refractivity contribution < 1.29 is 44.1 Å². The molecule has 4 N–H and O–H groups in total. The van der Waals surface area contributed by atoms with E-state index >= 15 is 0 Å². The summed E-state index contributed by atoms with van der Waals surface area (Å²) in [4.78, 5) is 0. The van der Waals surface area contributed by atoms with Crippen molar-refractivity contribution in [1.29, 1.82) is 0 Å². The smallest absolute Gasteiger partial charge is 0.210 e. The Morgan fingerprint density at radius 2 is 1.52 bits per heavy atom. The molecule has 0 aromatic heterocycles. The molecule has 0 radical (unpaired) electrons. The van der Waals surface area contributed by atoms with Crippen LogP contribution in [0.25, 0.3) is 0 Å². The second kappa shape index (κ2) is 14.7. The van der Waals surface area contributed by atoms with Crippen molar-refractivity contribution in [3.8, 4) is 0 Å². The average Bonchev–Trinajstić information content (AvgIpc) is 2.75. The van der Waals surface area contributed by atoms with Crippen LogP contribution in [0, 0.1) is 0 Å². The summed E-state index contributed by atoms with van der Waals surface area (Å²) in [5.74, 6) is 0. The van der Waals surface area contributed by atoms with Crippen molar-refractivity contribution in [1.82, 2.24) is 0 Å². The molecule has 0 spiro atoms. The molecule has 9 heteroatoms. The molecule has 8 unspecified atom stereocenters. The highest BCUT2D eigenvalue weighted by molar-refractivity contribution is 4.79. The first-order chi connectivity index (χ1) is 15.0. The zero-order valence-corrected chi connectivity index (χ0v) is 18.9. The predicted octanol–water partition coefficient (Wildman–Crippen LogP) is 1.79. The quantitative estimate of drug-likeness (QED) is 0.293. The van der Waals surface area contributed by atoms with Crippen molar-refractivity contribution in [3.05, 3.63) is 0 Å². The van der Waals surface area contributed by atoms with Gasteiger partial charge in [-0.3, -0.25) is 0 Å². The van der Waals surface area contributed by atoms with Gasteiger partial charge in [0.2, 0.25) is 12.6 Å². The van der Waals surface area contributed by atoms with Gasteiger partial charge in [-0.15, -0.1) is 0 Å². The Hall–Kier alpha value is -0.360. The van der Waals surface area contributed by atoms with Crippen LogP contribution in [0.3, 0.4) is 0 Å². The van der Waals surface area contributed by atoms with Gasteiger partial charge >= 0.3 is 0 Å². The second-order valence-corrected chi connectivity index (χ2v) is 8.54. The predicted molar refractivity (Wildman–Crippen MR) is 112 cm³/mol. The van der Waals surface area contributed by atoms with E-state index in [1.807, 2.05) is 6.92 Å². The third kappa shape index (κ3) is 9.19. The zero-order valence-electron chi connectivity index (χ0n) is 18.9. The molecular weight excluding hydrogens is 408 g/mol. The fraction of sp³-hybridized carbons (Fsp3) is 1.00. The van der Waals surface area contributed by atoms with Gasteiger partial charge in [0.15, 0.2) is 12.6 Å². The number of ether oxygens (including phenoxy) is 5. The van der Waals surface area contributed by atoms with Crippen molar-refractivity contribution in [3.63, 3.8) is 0 Å². The van der Waals surface area contributed by atoms with E-state index in [9.17, 15) is 20.4 Å². The summed E-state index contributed by atoms with van der Waals surface area (Å²) in [6.45, 7) is 3.51. The standard InChI is InChI=1S/C22H42O9/c1-3-4-5-6-7-8-9-10-15(2)27-19-12-11-16(17(13-23)28-19)29-22-21(26)31-20(25)18(14-24)30-22/h15-26H,3-14H2,1-2H3. The van der Waals surface area contributed by atoms with Crippen LogP contribution in [-0.2, 0) is 23.7 Å². The third-order valence-electron chi connectivity index (χ3n) is 5.83. The molecule has 2 aliphatic heterocycles. The number of aliphatic hydroxyl groups excluding tert-OH is 4. The molecule has 0 bridgehead atoms. The summed E-state index contributed by atoms with van der Waals surface area (Å²) in [7, 11) is 0. The lowest BCUT2D eigenvalue weighted by molar-refractivity contribution is -0.401. The molecule has 31 heavy (non-hydrogen) atoms. The Morgan fingerprint density at radius 3 is 2.19 bits per heavy atom. The fourth-order valence-electron chi connectivity index (χ4n) is 3.98. The van der Waals surface area contributed by atoms with Crippen LogP contribution >= 0.6 is 0 Å². The molecule has 0 amide bonds. The Labute approximate surface area is 185 Å². The molecule has 2 heterocycles. The fourth-order valence-corrected chi connectivity index (χ4v) is 3.98. The summed E-state index contributed by atoms with van der Waals surface area (Å²) >= 11 is 0. The lowest BCUT2D eigenvalue weighted by atomic mass is 10.0. The summed E-state index contributed by atoms with van der Waals surface area (Å²) in [6.07, 6.45) is 4.23. The van der Waals surface area contributed by atoms with Gasteiger partial charge in [0.25, 0.3) is 0 Å². The minimum absolute atomic E-state index is 0.0705. The molecule has 0 saturated carbocycles. The van der Waals surface area contributed by atoms with Crippen LogP contribution < -0.4 is 0 Å². The maximum absolute atomic E-state index is 9.93. The molecule has 2 rings (SSSR count). The summed E-state index contributed by atoms with van der Waals surface area (Å²) in [6, 6.07) is 0. The number of rotatable bonds is 14.